The van der Waals surface area contributed by atoms with Crippen LogP contribution in [0.25, 0.3) is 0 Å². The van der Waals surface area contributed by atoms with Gasteiger partial charge in [0, 0.05) is 43.7 Å². The summed E-state index contributed by atoms with van der Waals surface area (Å²) in [5.74, 6) is 0.419. The van der Waals surface area contributed by atoms with Gasteiger partial charge in [-0.3, -0.25) is 19.3 Å². The third-order valence-corrected chi connectivity index (χ3v) is 9.87. The molecule has 0 radical (unpaired) electrons. The standard InChI is InChI=1S/C32H38N6O4/c1-2-36-30-27(26(20-9-10-20)28(31(36)40)34-25(39)11-8-19-6-4-3-5-7-19)29(35-38(30)22-12-14-42-15-13-22)32(41)37-23(18-33)16-21-17-24(21)37/h3-7,20-24,26,28H,2,8-17H2,1H3,(H,34,39)/t21-,23-,24+,26-,28-/m0/s1. The molecule has 3 aliphatic heterocycles. The number of piperidine rings is 1. The van der Waals surface area contributed by atoms with Crippen molar-refractivity contribution in [1.82, 2.24) is 20.0 Å². The van der Waals surface area contributed by atoms with Crippen molar-refractivity contribution in [1.29, 1.82) is 5.26 Å². The summed E-state index contributed by atoms with van der Waals surface area (Å²) in [7, 11) is 0. The van der Waals surface area contributed by atoms with Crippen molar-refractivity contribution < 1.29 is 19.1 Å². The van der Waals surface area contributed by atoms with Crippen molar-refractivity contribution in [2.75, 3.05) is 24.7 Å². The number of anilines is 1. The number of benzene rings is 1. The Morgan fingerprint density at radius 3 is 2.55 bits per heavy atom. The zero-order valence-corrected chi connectivity index (χ0v) is 24.1. The minimum Gasteiger partial charge on any atom is -0.381 e. The van der Waals surface area contributed by atoms with Crippen LogP contribution in [0.1, 0.15) is 85.4 Å². The maximum absolute atomic E-state index is 14.4. The monoisotopic (exact) mass is 570 g/mol. The van der Waals surface area contributed by atoms with Crippen molar-refractivity contribution in [3.05, 3.63) is 47.2 Å². The zero-order valence-electron chi connectivity index (χ0n) is 24.1. The highest BCUT2D eigenvalue weighted by Crippen LogP contribution is 2.53. The second kappa shape index (κ2) is 10.8. The number of fused-ring (bicyclic) bond motifs is 2. The SMILES string of the molecule is CCN1C(=O)[C@@H](NC(=O)CCc2ccccc2)[C@@H](C2CC2)c2c(C(=O)N3[C@H](C#N)C[C@H]4C[C@H]43)nn(C3CCOCC3)c21. The second-order valence-corrected chi connectivity index (χ2v) is 12.5. The van der Waals surface area contributed by atoms with Gasteiger partial charge in [0.1, 0.15) is 17.9 Å². The average molecular weight is 571 g/mol. The number of hydrogen-bond acceptors (Lipinski definition) is 6. The van der Waals surface area contributed by atoms with E-state index in [0.29, 0.717) is 50.0 Å². The van der Waals surface area contributed by atoms with Crippen molar-refractivity contribution in [2.45, 2.75) is 88.4 Å². The van der Waals surface area contributed by atoms with Gasteiger partial charge in [0.15, 0.2) is 5.69 Å². The van der Waals surface area contributed by atoms with Gasteiger partial charge in [-0.05, 0) is 69.3 Å². The summed E-state index contributed by atoms with van der Waals surface area (Å²) in [6, 6.07) is 11.1. The lowest BCUT2D eigenvalue weighted by Gasteiger charge is -2.39. The third kappa shape index (κ3) is 4.68. The Labute approximate surface area is 246 Å². The van der Waals surface area contributed by atoms with Crippen LogP contribution in [0.4, 0.5) is 5.82 Å². The lowest BCUT2D eigenvalue weighted by Crippen LogP contribution is -2.56. The highest BCUT2D eigenvalue weighted by atomic mass is 16.5. The Kier molecular flexibility index (Phi) is 7.01. The first-order valence-corrected chi connectivity index (χ1v) is 15.6. The van der Waals surface area contributed by atoms with Crippen molar-refractivity contribution in [2.24, 2.45) is 11.8 Å². The van der Waals surface area contributed by atoms with Crippen LogP contribution in [0, 0.1) is 23.2 Å². The molecule has 2 saturated carbocycles. The molecule has 2 aliphatic carbocycles. The molecule has 0 bridgehead atoms. The van der Waals surface area contributed by atoms with E-state index in [4.69, 9.17) is 9.84 Å². The number of likely N-dealkylation sites (tertiary alicyclic amines) is 1. The van der Waals surface area contributed by atoms with Crippen LogP contribution in [0.2, 0.25) is 0 Å². The molecule has 10 nitrogen and oxygen atoms in total. The van der Waals surface area contributed by atoms with Gasteiger partial charge >= 0.3 is 0 Å². The first kappa shape index (κ1) is 27.1. The highest BCUT2D eigenvalue weighted by Gasteiger charge is 2.57. The number of rotatable bonds is 8. The van der Waals surface area contributed by atoms with Gasteiger partial charge in [0.25, 0.3) is 11.8 Å². The second-order valence-electron chi connectivity index (χ2n) is 12.5. The Balaban J connectivity index is 1.28. The molecule has 1 aromatic heterocycles. The minimum absolute atomic E-state index is 0.00628. The van der Waals surface area contributed by atoms with Crippen LogP contribution in [0.3, 0.4) is 0 Å². The van der Waals surface area contributed by atoms with E-state index in [9.17, 15) is 19.6 Å². The molecule has 0 spiro atoms. The number of likely N-dealkylation sites (N-methyl/N-ethyl adjacent to an activating group) is 1. The summed E-state index contributed by atoms with van der Waals surface area (Å²) in [5, 5.41) is 18.0. The predicted octanol–water partition coefficient (Wildman–Crippen LogP) is 3.34. The summed E-state index contributed by atoms with van der Waals surface area (Å²) in [5.41, 5.74) is 2.21. The van der Waals surface area contributed by atoms with Crippen molar-refractivity contribution in [3.63, 3.8) is 0 Å². The molecule has 4 fully saturated rings. The van der Waals surface area contributed by atoms with E-state index < -0.39 is 12.1 Å². The van der Waals surface area contributed by atoms with E-state index in [2.05, 4.69) is 11.4 Å². The molecule has 5 atom stereocenters. The van der Waals surface area contributed by atoms with Crippen molar-refractivity contribution >= 4 is 23.5 Å². The molecule has 1 N–H and O–H groups in total. The van der Waals surface area contributed by atoms with Gasteiger partial charge in [-0.25, -0.2) is 4.68 Å². The summed E-state index contributed by atoms with van der Waals surface area (Å²) >= 11 is 0. The topological polar surface area (TPSA) is 121 Å². The predicted molar refractivity (Wildman–Crippen MR) is 154 cm³/mol. The largest absolute Gasteiger partial charge is 0.381 e. The summed E-state index contributed by atoms with van der Waals surface area (Å²) in [6.45, 7) is 3.52. The molecule has 7 rings (SSSR count). The van der Waals surface area contributed by atoms with Crippen LogP contribution < -0.4 is 10.2 Å². The number of ether oxygens (including phenoxy) is 1. The number of amides is 3. The number of carbonyl (C=O) groups is 3. The average Bonchev–Trinajstić information content (AvgIpc) is 3.94. The fourth-order valence-corrected chi connectivity index (χ4v) is 7.50. The fourth-order valence-electron chi connectivity index (χ4n) is 7.50. The van der Waals surface area contributed by atoms with Gasteiger partial charge in [0.05, 0.1) is 12.1 Å². The number of nitriles is 1. The van der Waals surface area contributed by atoms with Crippen LogP contribution in [0.15, 0.2) is 30.3 Å². The fraction of sp³-hybridized carbons (Fsp3) is 0.594. The molecule has 2 aromatic rings. The van der Waals surface area contributed by atoms with Gasteiger partial charge < -0.3 is 15.0 Å². The Morgan fingerprint density at radius 1 is 1.10 bits per heavy atom. The van der Waals surface area contributed by atoms with E-state index in [-0.39, 0.29) is 48.1 Å². The molecule has 42 heavy (non-hydrogen) atoms. The van der Waals surface area contributed by atoms with E-state index in [1.54, 1.807) is 9.80 Å². The summed E-state index contributed by atoms with van der Waals surface area (Å²) in [6.07, 6.45) is 5.87. The first-order chi connectivity index (χ1) is 20.5. The molecule has 5 aliphatic rings. The summed E-state index contributed by atoms with van der Waals surface area (Å²) < 4.78 is 7.54. The lowest BCUT2D eigenvalue weighted by atomic mass is 9.82. The quantitative estimate of drug-likeness (QED) is 0.520. The third-order valence-electron chi connectivity index (χ3n) is 9.87. The first-order valence-electron chi connectivity index (χ1n) is 15.6. The molecule has 4 heterocycles. The van der Waals surface area contributed by atoms with E-state index in [1.165, 1.54) is 0 Å². The maximum Gasteiger partial charge on any atom is 0.276 e. The number of hydrogen-bond donors (Lipinski definition) is 1. The van der Waals surface area contributed by atoms with Gasteiger partial charge in [-0.2, -0.15) is 10.4 Å². The molecule has 10 heteroatoms. The molecule has 2 saturated heterocycles. The van der Waals surface area contributed by atoms with Crippen LogP contribution in [-0.2, 0) is 20.7 Å². The van der Waals surface area contributed by atoms with Crippen LogP contribution >= 0.6 is 0 Å². The number of aromatic nitrogens is 2. The maximum atomic E-state index is 14.4. The van der Waals surface area contributed by atoms with Gasteiger partial charge in [0.2, 0.25) is 5.91 Å². The lowest BCUT2D eigenvalue weighted by molar-refractivity contribution is -0.128. The number of aryl methyl sites for hydroxylation is 1. The number of nitrogens with one attached hydrogen (secondary N) is 1. The highest BCUT2D eigenvalue weighted by molar-refractivity contribution is 6.05. The van der Waals surface area contributed by atoms with Gasteiger partial charge in [-0.1, -0.05) is 30.3 Å². The molecular formula is C32H38N6O4. The zero-order chi connectivity index (χ0) is 29.0. The van der Waals surface area contributed by atoms with Gasteiger partial charge in [-0.15, -0.1) is 0 Å². The summed E-state index contributed by atoms with van der Waals surface area (Å²) in [4.78, 5) is 45.4. The molecule has 220 valence electrons. The number of carbonyl (C=O) groups excluding carboxylic acids is 3. The number of nitrogens with zero attached hydrogens (tertiary/aromatic N) is 5. The Bertz CT molecular complexity index is 1420. The van der Waals surface area contributed by atoms with E-state index in [0.717, 1.165) is 43.2 Å². The Hall–Kier alpha value is -3.71. The molecule has 3 amide bonds. The normalized spacial score (nSPS) is 28.7. The van der Waals surface area contributed by atoms with Crippen LogP contribution in [-0.4, -0.2) is 70.3 Å². The molecular weight excluding hydrogens is 532 g/mol. The van der Waals surface area contributed by atoms with E-state index >= 15 is 0 Å². The molecule has 1 aromatic carbocycles. The van der Waals surface area contributed by atoms with Crippen LogP contribution in [0.5, 0.6) is 0 Å². The van der Waals surface area contributed by atoms with E-state index in [1.807, 2.05) is 41.9 Å². The van der Waals surface area contributed by atoms with Crippen molar-refractivity contribution in [3.8, 4) is 6.07 Å². The smallest absolute Gasteiger partial charge is 0.276 e. The Morgan fingerprint density at radius 2 is 1.86 bits per heavy atom. The minimum atomic E-state index is -0.758. The molecule has 0 unspecified atom stereocenters.